The van der Waals surface area contributed by atoms with Gasteiger partial charge in [-0.25, -0.2) is 0 Å². The number of anilines is 1. The molecular weight excluding hydrogens is 406 g/mol. The van der Waals surface area contributed by atoms with Crippen LogP contribution >= 0.6 is 11.5 Å². The summed E-state index contributed by atoms with van der Waals surface area (Å²) in [5, 5.41) is 12.5. The number of nitrogens with two attached hydrogens (primary N) is 2. The largest absolute Gasteiger partial charge is 0.395 e. The van der Waals surface area contributed by atoms with Crippen molar-refractivity contribution in [3.05, 3.63) is 46.0 Å². The molecule has 1 atom stereocenters. The van der Waals surface area contributed by atoms with Gasteiger partial charge >= 0.3 is 0 Å². The Labute approximate surface area is 179 Å². The van der Waals surface area contributed by atoms with Crippen molar-refractivity contribution in [1.29, 1.82) is 0 Å². The first kappa shape index (κ1) is 23.3. The summed E-state index contributed by atoms with van der Waals surface area (Å²) in [4.78, 5) is 39.2. The number of aliphatic hydroxyl groups is 1. The first-order valence-electron chi connectivity index (χ1n) is 9.31. The quantitative estimate of drug-likeness (QED) is 0.515. The number of primary amides is 1. The van der Waals surface area contributed by atoms with Crippen LogP contribution in [-0.2, 0) is 4.79 Å². The molecule has 162 valence electrons. The Morgan fingerprint density at radius 1 is 1.23 bits per heavy atom. The van der Waals surface area contributed by atoms with Gasteiger partial charge in [0.25, 0.3) is 11.8 Å². The lowest BCUT2D eigenvalue weighted by Gasteiger charge is -2.33. The Bertz CT molecular complexity index is 934. The zero-order valence-electron chi connectivity index (χ0n) is 17.4. The zero-order chi connectivity index (χ0) is 22.6. The smallest absolute Gasteiger partial charge is 0.270 e. The number of aryl methyl sites for hydroxylation is 1. The molecule has 0 aliphatic carbocycles. The average molecular weight is 434 g/mol. The number of aromatic nitrogens is 1. The second-order valence-corrected chi connectivity index (χ2v) is 8.69. The van der Waals surface area contributed by atoms with Crippen molar-refractivity contribution < 1.29 is 19.5 Å². The molecule has 10 heteroatoms. The van der Waals surface area contributed by atoms with Gasteiger partial charge in [0.2, 0.25) is 5.91 Å². The Kier molecular flexibility index (Phi) is 7.16. The van der Waals surface area contributed by atoms with Crippen LogP contribution in [0.2, 0.25) is 0 Å². The minimum atomic E-state index is -1.02. The summed E-state index contributed by atoms with van der Waals surface area (Å²) in [5.74, 6) is -1.88. The van der Waals surface area contributed by atoms with E-state index in [0.29, 0.717) is 5.56 Å². The number of nitrogen functional groups attached to an aromatic ring is 1. The van der Waals surface area contributed by atoms with Gasteiger partial charge in [-0.3, -0.25) is 14.4 Å². The van der Waals surface area contributed by atoms with Crippen molar-refractivity contribution in [2.45, 2.75) is 39.3 Å². The number of nitrogens with one attached hydrogen (secondary N) is 1. The van der Waals surface area contributed by atoms with E-state index in [-0.39, 0.29) is 29.4 Å². The van der Waals surface area contributed by atoms with E-state index < -0.39 is 29.3 Å². The highest BCUT2D eigenvalue weighted by atomic mass is 32.1. The molecule has 0 radical (unpaired) electrons. The fourth-order valence-corrected chi connectivity index (χ4v) is 3.64. The van der Waals surface area contributed by atoms with Gasteiger partial charge in [-0.05, 0) is 44.8 Å². The molecule has 2 aromatic rings. The second kappa shape index (κ2) is 9.23. The first-order valence-corrected chi connectivity index (χ1v) is 10.1. The SMILES string of the molecule is Cc1ccc(C(C(=O)NC(C)(C)C)N(CCO)C(=O)c2snc(C(N)=O)c2N)cc1. The number of rotatable bonds is 7. The molecule has 0 aliphatic heterocycles. The minimum Gasteiger partial charge on any atom is -0.395 e. The van der Waals surface area contributed by atoms with Crippen LogP contribution < -0.4 is 16.8 Å². The van der Waals surface area contributed by atoms with Gasteiger partial charge in [0.1, 0.15) is 10.9 Å². The molecule has 1 heterocycles. The van der Waals surface area contributed by atoms with Crippen molar-refractivity contribution in [2.75, 3.05) is 18.9 Å². The van der Waals surface area contributed by atoms with Gasteiger partial charge < -0.3 is 26.8 Å². The van der Waals surface area contributed by atoms with Gasteiger partial charge in [-0.2, -0.15) is 4.37 Å². The van der Waals surface area contributed by atoms with Crippen molar-refractivity contribution in [2.24, 2.45) is 5.73 Å². The highest BCUT2D eigenvalue weighted by Gasteiger charge is 2.35. The molecule has 0 saturated heterocycles. The molecule has 0 aliphatic rings. The predicted octanol–water partition coefficient (Wildman–Crippen LogP) is 1.22. The summed E-state index contributed by atoms with van der Waals surface area (Å²) in [6.45, 7) is 6.89. The molecule has 3 amide bonds. The van der Waals surface area contributed by atoms with Crippen molar-refractivity contribution in [3.63, 3.8) is 0 Å². The lowest BCUT2D eigenvalue weighted by atomic mass is 10.00. The third-order valence-electron chi connectivity index (χ3n) is 4.21. The maximum Gasteiger partial charge on any atom is 0.270 e. The number of hydrogen-bond donors (Lipinski definition) is 4. The van der Waals surface area contributed by atoms with Gasteiger partial charge in [0, 0.05) is 12.1 Å². The van der Waals surface area contributed by atoms with Crippen LogP contribution in [0.5, 0.6) is 0 Å². The van der Waals surface area contributed by atoms with Crippen LogP contribution in [-0.4, -0.2) is 50.8 Å². The monoisotopic (exact) mass is 433 g/mol. The van der Waals surface area contributed by atoms with Crippen LogP contribution in [0.4, 0.5) is 5.69 Å². The number of amides is 3. The fourth-order valence-electron chi connectivity index (χ4n) is 2.87. The van der Waals surface area contributed by atoms with E-state index in [4.69, 9.17) is 11.5 Å². The van der Waals surface area contributed by atoms with Gasteiger partial charge in [0.05, 0.1) is 12.3 Å². The molecule has 2 rings (SSSR count). The molecule has 0 saturated carbocycles. The maximum absolute atomic E-state index is 13.3. The standard InChI is InChI=1S/C20H27N5O4S/c1-11-5-7-12(8-6-11)15(18(28)23-20(2,3)4)25(9-10-26)19(29)16-13(21)14(17(22)27)24-30-16/h5-8,15,26H,9-10,21H2,1-4H3,(H2,22,27)(H,23,28). The number of carbonyl (C=O) groups is 3. The van der Waals surface area contributed by atoms with Crippen LogP contribution in [0.15, 0.2) is 24.3 Å². The van der Waals surface area contributed by atoms with E-state index in [1.807, 2.05) is 39.8 Å². The van der Waals surface area contributed by atoms with Crippen molar-refractivity contribution >= 4 is 34.9 Å². The molecule has 6 N–H and O–H groups in total. The highest BCUT2D eigenvalue weighted by Crippen LogP contribution is 2.29. The Morgan fingerprint density at radius 3 is 2.30 bits per heavy atom. The Morgan fingerprint density at radius 2 is 1.83 bits per heavy atom. The summed E-state index contributed by atoms with van der Waals surface area (Å²) in [6.07, 6.45) is 0. The summed E-state index contributed by atoms with van der Waals surface area (Å²) in [7, 11) is 0. The topological polar surface area (TPSA) is 152 Å². The number of hydrogen-bond acceptors (Lipinski definition) is 7. The Hall–Kier alpha value is -2.98. The first-order chi connectivity index (χ1) is 14.0. The van der Waals surface area contributed by atoms with Crippen LogP contribution in [0, 0.1) is 6.92 Å². The molecule has 9 nitrogen and oxygen atoms in total. The van der Waals surface area contributed by atoms with Crippen LogP contribution in [0.3, 0.4) is 0 Å². The minimum absolute atomic E-state index is 0.0158. The van der Waals surface area contributed by atoms with Gasteiger partial charge in [-0.1, -0.05) is 29.8 Å². The molecule has 0 bridgehead atoms. The van der Waals surface area contributed by atoms with Crippen molar-refractivity contribution in [3.8, 4) is 0 Å². The van der Waals surface area contributed by atoms with E-state index in [2.05, 4.69) is 9.69 Å². The Balaban J connectivity index is 2.55. The third-order valence-corrected chi connectivity index (χ3v) is 5.06. The summed E-state index contributed by atoms with van der Waals surface area (Å²) in [5.41, 5.74) is 11.8. The van der Waals surface area contributed by atoms with Gasteiger partial charge in [0.15, 0.2) is 5.69 Å². The van der Waals surface area contributed by atoms with E-state index in [1.165, 1.54) is 4.90 Å². The van der Waals surface area contributed by atoms with E-state index >= 15 is 0 Å². The van der Waals surface area contributed by atoms with E-state index in [9.17, 15) is 19.5 Å². The van der Waals surface area contributed by atoms with E-state index in [0.717, 1.165) is 17.1 Å². The number of benzene rings is 1. The number of aliphatic hydroxyl groups excluding tert-OH is 1. The lowest BCUT2D eigenvalue weighted by Crippen LogP contribution is -2.50. The van der Waals surface area contributed by atoms with Crippen molar-refractivity contribution in [1.82, 2.24) is 14.6 Å². The third kappa shape index (κ3) is 5.33. The normalized spacial score (nSPS) is 12.3. The molecule has 30 heavy (non-hydrogen) atoms. The van der Waals surface area contributed by atoms with Crippen LogP contribution in [0.25, 0.3) is 0 Å². The molecule has 1 aromatic carbocycles. The van der Waals surface area contributed by atoms with Crippen LogP contribution in [0.1, 0.15) is 58.1 Å². The summed E-state index contributed by atoms with van der Waals surface area (Å²) >= 11 is 0.726. The average Bonchev–Trinajstić information content (AvgIpc) is 3.02. The number of carbonyl (C=O) groups excluding carboxylic acids is 3. The van der Waals surface area contributed by atoms with E-state index in [1.54, 1.807) is 12.1 Å². The summed E-state index contributed by atoms with van der Waals surface area (Å²) < 4.78 is 3.86. The maximum atomic E-state index is 13.3. The second-order valence-electron chi connectivity index (χ2n) is 7.91. The predicted molar refractivity (Wildman–Crippen MR) is 115 cm³/mol. The van der Waals surface area contributed by atoms with Gasteiger partial charge in [-0.15, -0.1) is 0 Å². The molecule has 1 unspecified atom stereocenters. The number of nitrogens with zero attached hydrogens (tertiary/aromatic N) is 2. The molecule has 1 aromatic heterocycles. The fraction of sp³-hybridized carbons (Fsp3) is 0.400. The lowest BCUT2D eigenvalue weighted by molar-refractivity contribution is -0.127. The zero-order valence-corrected chi connectivity index (χ0v) is 18.2. The molecule has 0 fully saturated rings. The summed E-state index contributed by atoms with van der Waals surface area (Å²) in [6, 6.07) is 6.15. The molecular formula is C20H27N5O4S. The highest BCUT2D eigenvalue weighted by molar-refractivity contribution is 7.09. The molecule has 0 spiro atoms.